The molecular weight excluding hydrogens is 304 g/mol. The molecule has 0 aromatic heterocycles. The van der Waals surface area contributed by atoms with Crippen LogP contribution in [0.5, 0.6) is 11.5 Å². The Morgan fingerprint density at radius 2 is 1.88 bits per heavy atom. The third-order valence-corrected chi connectivity index (χ3v) is 3.97. The second-order valence-corrected chi connectivity index (χ2v) is 5.85. The fraction of sp³-hybridized carbons (Fsp3) is 0.316. The number of carbonyl (C=O) groups is 1. The molecule has 0 atom stereocenters. The molecule has 126 valence electrons. The standard InChI is InChI=1S/C19H22N2O3/c1-21(13-15-5-3-2-4-6-15)19(22)9-10-20-12-16-7-8-17-18(11-16)24-14-23-17/h2-8,11,20H,9-10,12-14H2,1H3. The van der Waals surface area contributed by atoms with Crippen LogP contribution in [0.15, 0.2) is 48.5 Å². The SMILES string of the molecule is CN(Cc1ccccc1)C(=O)CCNCc1ccc2c(c1)OCO2. The van der Waals surface area contributed by atoms with Crippen molar-refractivity contribution in [1.29, 1.82) is 0 Å². The van der Waals surface area contributed by atoms with Crippen molar-refractivity contribution in [2.75, 3.05) is 20.4 Å². The Balaban J connectivity index is 1.39. The van der Waals surface area contributed by atoms with E-state index < -0.39 is 0 Å². The van der Waals surface area contributed by atoms with E-state index in [9.17, 15) is 4.79 Å². The molecule has 0 aliphatic carbocycles. The third kappa shape index (κ3) is 4.26. The van der Waals surface area contributed by atoms with E-state index >= 15 is 0 Å². The molecule has 0 unspecified atom stereocenters. The van der Waals surface area contributed by atoms with Gasteiger partial charge in [0, 0.05) is 33.1 Å². The van der Waals surface area contributed by atoms with Crippen LogP contribution in [0.2, 0.25) is 0 Å². The number of fused-ring (bicyclic) bond motifs is 1. The zero-order valence-electron chi connectivity index (χ0n) is 13.8. The highest BCUT2D eigenvalue weighted by atomic mass is 16.7. The number of hydrogen-bond donors (Lipinski definition) is 1. The van der Waals surface area contributed by atoms with Crippen LogP contribution < -0.4 is 14.8 Å². The maximum atomic E-state index is 12.2. The lowest BCUT2D eigenvalue weighted by molar-refractivity contribution is -0.130. The van der Waals surface area contributed by atoms with Gasteiger partial charge in [-0.25, -0.2) is 0 Å². The molecule has 1 N–H and O–H groups in total. The van der Waals surface area contributed by atoms with Gasteiger partial charge in [0.05, 0.1) is 0 Å². The second-order valence-electron chi connectivity index (χ2n) is 5.85. The zero-order valence-corrected chi connectivity index (χ0v) is 13.8. The summed E-state index contributed by atoms with van der Waals surface area (Å²) in [5.74, 6) is 1.71. The Morgan fingerprint density at radius 1 is 1.08 bits per heavy atom. The molecule has 1 heterocycles. The molecule has 5 nitrogen and oxygen atoms in total. The van der Waals surface area contributed by atoms with Gasteiger partial charge in [-0.3, -0.25) is 4.79 Å². The molecule has 0 saturated heterocycles. The fourth-order valence-corrected chi connectivity index (χ4v) is 2.62. The molecule has 2 aromatic carbocycles. The van der Waals surface area contributed by atoms with Crippen LogP contribution in [0.4, 0.5) is 0 Å². The topological polar surface area (TPSA) is 50.8 Å². The Hall–Kier alpha value is -2.53. The Morgan fingerprint density at radius 3 is 2.71 bits per heavy atom. The predicted octanol–water partition coefficient (Wildman–Crippen LogP) is 2.55. The van der Waals surface area contributed by atoms with E-state index in [1.807, 2.05) is 55.6 Å². The minimum atomic E-state index is 0.136. The maximum Gasteiger partial charge on any atom is 0.231 e. The highest BCUT2D eigenvalue weighted by Crippen LogP contribution is 2.32. The number of ether oxygens (including phenoxy) is 2. The number of hydrogen-bond acceptors (Lipinski definition) is 4. The van der Waals surface area contributed by atoms with Crippen LogP contribution in [0, 0.1) is 0 Å². The fourth-order valence-electron chi connectivity index (χ4n) is 2.62. The van der Waals surface area contributed by atoms with Gasteiger partial charge in [-0.15, -0.1) is 0 Å². The number of nitrogens with zero attached hydrogens (tertiary/aromatic N) is 1. The molecule has 0 saturated carbocycles. The molecule has 1 aliphatic heterocycles. The van der Waals surface area contributed by atoms with Crippen molar-refractivity contribution in [3.8, 4) is 11.5 Å². The monoisotopic (exact) mass is 326 g/mol. The zero-order chi connectivity index (χ0) is 16.8. The molecule has 0 bridgehead atoms. The predicted molar refractivity (Wildman–Crippen MR) is 91.8 cm³/mol. The van der Waals surface area contributed by atoms with E-state index in [0.717, 1.165) is 22.6 Å². The van der Waals surface area contributed by atoms with E-state index in [-0.39, 0.29) is 12.7 Å². The quantitative estimate of drug-likeness (QED) is 0.795. The highest BCUT2D eigenvalue weighted by molar-refractivity contribution is 5.76. The molecule has 5 heteroatoms. The van der Waals surface area contributed by atoms with Crippen molar-refractivity contribution in [3.63, 3.8) is 0 Å². The highest BCUT2D eigenvalue weighted by Gasteiger charge is 2.13. The summed E-state index contributed by atoms with van der Waals surface area (Å²) in [5.41, 5.74) is 2.26. The summed E-state index contributed by atoms with van der Waals surface area (Å²) < 4.78 is 10.7. The van der Waals surface area contributed by atoms with Crippen molar-refractivity contribution in [1.82, 2.24) is 10.2 Å². The molecule has 1 aliphatic rings. The van der Waals surface area contributed by atoms with Crippen LogP contribution in [0.3, 0.4) is 0 Å². The van der Waals surface area contributed by atoms with Gasteiger partial charge in [-0.05, 0) is 23.3 Å². The lowest BCUT2D eigenvalue weighted by Gasteiger charge is -2.17. The average molecular weight is 326 g/mol. The summed E-state index contributed by atoms with van der Waals surface area (Å²) >= 11 is 0. The number of nitrogens with one attached hydrogen (secondary N) is 1. The molecule has 3 rings (SSSR count). The lowest BCUT2D eigenvalue weighted by Crippen LogP contribution is -2.29. The first-order chi connectivity index (χ1) is 11.7. The second kappa shape index (κ2) is 7.84. The lowest BCUT2D eigenvalue weighted by atomic mass is 10.2. The van der Waals surface area contributed by atoms with Crippen molar-refractivity contribution in [3.05, 3.63) is 59.7 Å². The Labute approximate surface area is 142 Å². The molecule has 0 fully saturated rings. The van der Waals surface area contributed by atoms with Crippen molar-refractivity contribution < 1.29 is 14.3 Å². The van der Waals surface area contributed by atoms with E-state index in [4.69, 9.17) is 9.47 Å². The molecule has 2 aromatic rings. The van der Waals surface area contributed by atoms with Gasteiger partial charge in [0.2, 0.25) is 12.7 Å². The van der Waals surface area contributed by atoms with Crippen LogP contribution in [0.1, 0.15) is 17.5 Å². The largest absolute Gasteiger partial charge is 0.454 e. The smallest absolute Gasteiger partial charge is 0.231 e. The molecule has 0 radical (unpaired) electrons. The van der Waals surface area contributed by atoms with Gasteiger partial charge < -0.3 is 19.7 Å². The van der Waals surface area contributed by atoms with E-state index in [0.29, 0.717) is 26.1 Å². The minimum Gasteiger partial charge on any atom is -0.454 e. The van der Waals surface area contributed by atoms with Crippen LogP contribution in [-0.4, -0.2) is 31.2 Å². The van der Waals surface area contributed by atoms with Gasteiger partial charge in [-0.1, -0.05) is 36.4 Å². The van der Waals surface area contributed by atoms with E-state index in [1.165, 1.54) is 0 Å². The first-order valence-electron chi connectivity index (χ1n) is 8.09. The van der Waals surface area contributed by atoms with Crippen LogP contribution >= 0.6 is 0 Å². The maximum absolute atomic E-state index is 12.2. The summed E-state index contributed by atoms with van der Waals surface area (Å²) in [7, 11) is 1.84. The summed E-state index contributed by atoms with van der Waals surface area (Å²) in [6, 6.07) is 15.9. The van der Waals surface area contributed by atoms with Gasteiger partial charge >= 0.3 is 0 Å². The number of carbonyl (C=O) groups excluding carboxylic acids is 1. The van der Waals surface area contributed by atoms with Crippen LogP contribution in [-0.2, 0) is 17.9 Å². The van der Waals surface area contributed by atoms with E-state index in [2.05, 4.69) is 5.32 Å². The molecule has 1 amide bonds. The number of amides is 1. The summed E-state index contributed by atoms with van der Waals surface area (Å²) in [5, 5.41) is 3.30. The number of benzene rings is 2. The van der Waals surface area contributed by atoms with Crippen LogP contribution in [0.25, 0.3) is 0 Å². The minimum absolute atomic E-state index is 0.136. The summed E-state index contributed by atoms with van der Waals surface area (Å²) in [6.45, 7) is 2.27. The molecule has 0 spiro atoms. The summed E-state index contributed by atoms with van der Waals surface area (Å²) in [6.07, 6.45) is 0.480. The van der Waals surface area contributed by atoms with Crippen molar-refractivity contribution >= 4 is 5.91 Å². The normalized spacial score (nSPS) is 12.2. The van der Waals surface area contributed by atoms with E-state index in [1.54, 1.807) is 4.90 Å². The first-order valence-corrected chi connectivity index (χ1v) is 8.09. The summed E-state index contributed by atoms with van der Waals surface area (Å²) in [4.78, 5) is 13.9. The third-order valence-electron chi connectivity index (χ3n) is 3.97. The van der Waals surface area contributed by atoms with Crippen molar-refractivity contribution in [2.24, 2.45) is 0 Å². The van der Waals surface area contributed by atoms with Crippen molar-refractivity contribution in [2.45, 2.75) is 19.5 Å². The Bertz CT molecular complexity index is 688. The van der Waals surface area contributed by atoms with Gasteiger partial charge in [0.15, 0.2) is 11.5 Å². The van der Waals surface area contributed by atoms with Gasteiger partial charge in [-0.2, -0.15) is 0 Å². The molecular formula is C19H22N2O3. The molecule has 24 heavy (non-hydrogen) atoms. The van der Waals surface area contributed by atoms with Gasteiger partial charge in [0.1, 0.15) is 0 Å². The first kappa shape index (κ1) is 16.3. The van der Waals surface area contributed by atoms with Gasteiger partial charge in [0.25, 0.3) is 0 Å². The Kier molecular flexibility index (Phi) is 5.33. The average Bonchev–Trinajstić information content (AvgIpc) is 3.07. The number of rotatable bonds is 7.